The summed E-state index contributed by atoms with van der Waals surface area (Å²) in [4.78, 5) is 20.6. The van der Waals surface area contributed by atoms with Crippen LogP contribution < -0.4 is 5.69 Å². The number of hydrogen-bond donors (Lipinski definition) is 0. The first-order valence-electron chi connectivity index (χ1n) is 6.97. The molecule has 0 aliphatic heterocycles. The minimum Gasteiger partial charge on any atom is -0.369 e. The van der Waals surface area contributed by atoms with Crippen LogP contribution in [0.2, 0.25) is 0 Å². The van der Waals surface area contributed by atoms with Gasteiger partial charge in [-0.2, -0.15) is 8.96 Å². The van der Waals surface area contributed by atoms with E-state index in [9.17, 15) is 17.6 Å². The third-order valence-corrected chi connectivity index (χ3v) is 4.57. The van der Waals surface area contributed by atoms with Crippen LogP contribution in [0.5, 0.6) is 0 Å². The van der Waals surface area contributed by atoms with Crippen LogP contribution in [0.1, 0.15) is 11.1 Å². The van der Waals surface area contributed by atoms with Crippen LogP contribution >= 0.6 is 0 Å². The summed E-state index contributed by atoms with van der Waals surface area (Å²) in [6.07, 6.45) is 1.86. The maximum Gasteiger partial charge on any atom is 0.363 e. The Balaban J connectivity index is 2.38. The van der Waals surface area contributed by atoms with Gasteiger partial charge in [0.2, 0.25) is 10.0 Å². The Labute approximate surface area is 139 Å². The lowest BCUT2D eigenvalue weighted by Gasteiger charge is -2.08. The monoisotopic (exact) mass is 352 g/mol. The molecule has 0 radical (unpaired) electrons. The van der Waals surface area contributed by atoms with Crippen molar-refractivity contribution < 1.29 is 12.8 Å². The average molecular weight is 352 g/mol. The molecule has 0 fully saturated rings. The number of aliphatic imine (C=N–C) groups is 1. The van der Waals surface area contributed by atoms with E-state index < -0.39 is 33.1 Å². The molecule has 2 aromatic rings. The lowest BCUT2D eigenvalue weighted by Crippen LogP contribution is -2.30. The van der Waals surface area contributed by atoms with Gasteiger partial charge in [0.25, 0.3) is 0 Å². The SMILES string of the molecule is Cc1ccc(CS(=O)(=O)n2cc(F)c(N=CN(C)C)nc2=O)cc1. The minimum atomic E-state index is -4.09. The third-order valence-electron chi connectivity index (χ3n) is 3.01. The van der Waals surface area contributed by atoms with Gasteiger partial charge in [0, 0.05) is 14.1 Å². The van der Waals surface area contributed by atoms with E-state index >= 15 is 0 Å². The Bertz CT molecular complexity index is 919. The average Bonchev–Trinajstić information content (AvgIpc) is 2.49. The summed E-state index contributed by atoms with van der Waals surface area (Å²) in [6.45, 7) is 1.87. The normalized spacial score (nSPS) is 11.8. The first kappa shape index (κ1) is 17.8. The van der Waals surface area contributed by atoms with E-state index in [0.717, 1.165) is 5.56 Å². The van der Waals surface area contributed by atoms with Gasteiger partial charge in [0.15, 0.2) is 11.6 Å². The van der Waals surface area contributed by atoms with Crippen LogP contribution in [0.15, 0.2) is 40.2 Å². The minimum absolute atomic E-state index is 0.302. The standard InChI is InChI=1S/C15H17FN4O3S/c1-11-4-6-12(7-5-11)9-24(22,23)20-8-13(16)14(18-15(20)21)17-10-19(2)3/h4-8,10H,9H2,1-3H3. The molecule has 1 aromatic heterocycles. The highest BCUT2D eigenvalue weighted by molar-refractivity contribution is 7.89. The second kappa shape index (κ2) is 6.91. The van der Waals surface area contributed by atoms with Gasteiger partial charge >= 0.3 is 5.69 Å². The molecular formula is C15H17FN4O3S. The second-order valence-electron chi connectivity index (χ2n) is 5.44. The van der Waals surface area contributed by atoms with Gasteiger partial charge < -0.3 is 4.90 Å². The zero-order chi connectivity index (χ0) is 17.9. The largest absolute Gasteiger partial charge is 0.369 e. The van der Waals surface area contributed by atoms with Crippen molar-refractivity contribution in [1.29, 1.82) is 0 Å². The fourth-order valence-electron chi connectivity index (χ4n) is 1.83. The van der Waals surface area contributed by atoms with Crippen molar-refractivity contribution in [1.82, 2.24) is 13.9 Å². The lowest BCUT2D eigenvalue weighted by atomic mass is 10.2. The molecule has 24 heavy (non-hydrogen) atoms. The van der Waals surface area contributed by atoms with E-state index in [1.54, 1.807) is 38.4 Å². The van der Waals surface area contributed by atoms with Crippen molar-refractivity contribution in [3.05, 3.63) is 57.9 Å². The second-order valence-corrected chi connectivity index (χ2v) is 7.29. The molecule has 0 spiro atoms. The van der Waals surface area contributed by atoms with Crippen LogP contribution in [0.25, 0.3) is 0 Å². The van der Waals surface area contributed by atoms with Gasteiger partial charge in [0.1, 0.15) is 0 Å². The lowest BCUT2D eigenvalue weighted by molar-refractivity contribution is 0.570. The molecule has 0 N–H and O–H groups in total. The topological polar surface area (TPSA) is 84.6 Å². The van der Waals surface area contributed by atoms with Gasteiger partial charge in [0.05, 0.1) is 18.3 Å². The number of rotatable bonds is 5. The van der Waals surface area contributed by atoms with Crippen LogP contribution in [-0.2, 0) is 15.8 Å². The van der Waals surface area contributed by atoms with E-state index in [-0.39, 0.29) is 0 Å². The summed E-state index contributed by atoms with van der Waals surface area (Å²) in [5.74, 6) is -1.90. The van der Waals surface area contributed by atoms with Gasteiger partial charge in [-0.1, -0.05) is 29.8 Å². The first-order valence-corrected chi connectivity index (χ1v) is 8.58. The van der Waals surface area contributed by atoms with Crippen LogP contribution in [0, 0.1) is 12.7 Å². The van der Waals surface area contributed by atoms with E-state index in [1.165, 1.54) is 11.2 Å². The van der Waals surface area contributed by atoms with Crippen LogP contribution in [0.4, 0.5) is 10.2 Å². The fraction of sp³-hybridized carbons (Fsp3) is 0.267. The molecule has 7 nitrogen and oxygen atoms in total. The molecule has 9 heteroatoms. The summed E-state index contributed by atoms with van der Waals surface area (Å²) in [5, 5.41) is 0. The Hall–Kier alpha value is -2.55. The summed E-state index contributed by atoms with van der Waals surface area (Å²) in [7, 11) is -0.765. The van der Waals surface area contributed by atoms with Crippen molar-refractivity contribution in [2.45, 2.75) is 12.7 Å². The molecule has 2 rings (SSSR count). The number of benzene rings is 1. The molecule has 0 saturated carbocycles. The number of aromatic nitrogens is 2. The van der Waals surface area contributed by atoms with E-state index in [0.29, 0.717) is 15.7 Å². The van der Waals surface area contributed by atoms with E-state index in [1.807, 2.05) is 6.92 Å². The number of aryl methyl sites for hydroxylation is 1. The molecule has 0 atom stereocenters. The summed E-state index contributed by atoms with van der Waals surface area (Å²) in [6, 6.07) is 6.78. The third kappa shape index (κ3) is 4.25. The van der Waals surface area contributed by atoms with Crippen LogP contribution in [0.3, 0.4) is 0 Å². The molecule has 1 heterocycles. The molecule has 0 amide bonds. The van der Waals surface area contributed by atoms with E-state index in [2.05, 4.69) is 9.98 Å². The summed E-state index contributed by atoms with van der Waals surface area (Å²) < 4.78 is 39.0. The predicted molar refractivity (Wildman–Crippen MR) is 89.5 cm³/mol. The fourth-order valence-corrected chi connectivity index (χ4v) is 3.12. The molecule has 0 saturated heterocycles. The van der Waals surface area contributed by atoms with Crippen molar-refractivity contribution in [2.24, 2.45) is 4.99 Å². The summed E-state index contributed by atoms with van der Waals surface area (Å²) in [5.41, 5.74) is 0.362. The van der Waals surface area contributed by atoms with E-state index in [4.69, 9.17) is 0 Å². The van der Waals surface area contributed by atoms with Gasteiger partial charge in [-0.05, 0) is 12.5 Å². The zero-order valence-electron chi connectivity index (χ0n) is 13.5. The van der Waals surface area contributed by atoms with Crippen molar-refractivity contribution >= 4 is 22.2 Å². The Morgan fingerprint density at radius 2 is 1.92 bits per heavy atom. The Kier molecular flexibility index (Phi) is 5.13. The highest BCUT2D eigenvalue weighted by Gasteiger charge is 2.19. The zero-order valence-corrected chi connectivity index (χ0v) is 14.3. The van der Waals surface area contributed by atoms with Crippen molar-refractivity contribution in [2.75, 3.05) is 14.1 Å². The molecule has 0 bridgehead atoms. The van der Waals surface area contributed by atoms with Crippen LogP contribution in [-0.4, -0.2) is 42.7 Å². The molecule has 128 valence electrons. The molecule has 0 aliphatic rings. The smallest absolute Gasteiger partial charge is 0.363 e. The van der Waals surface area contributed by atoms with Gasteiger partial charge in [-0.3, -0.25) is 0 Å². The molecule has 1 aromatic carbocycles. The Morgan fingerprint density at radius 1 is 1.29 bits per heavy atom. The summed E-state index contributed by atoms with van der Waals surface area (Å²) >= 11 is 0. The van der Waals surface area contributed by atoms with Crippen molar-refractivity contribution in [3.8, 4) is 0 Å². The van der Waals surface area contributed by atoms with Gasteiger partial charge in [-0.25, -0.2) is 22.6 Å². The van der Waals surface area contributed by atoms with Gasteiger partial charge in [-0.15, -0.1) is 0 Å². The maximum absolute atomic E-state index is 14.0. The number of halogens is 1. The number of hydrogen-bond acceptors (Lipinski definition) is 5. The number of nitrogens with zero attached hydrogens (tertiary/aromatic N) is 4. The maximum atomic E-state index is 14.0. The Morgan fingerprint density at radius 3 is 2.50 bits per heavy atom. The molecular weight excluding hydrogens is 335 g/mol. The molecule has 0 unspecified atom stereocenters. The molecule has 0 aliphatic carbocycles. The highest BCUT2D eigenvalue weighted by Crippen LogP contribution is 2.13. The quantitative estimate of drug-likeness (QED) is 0.598. The van der Waals surface area contributed by atoms with Crippen molar-refractivity contribution in [3.63, 3.8) is 0 Å². The highest BCUT2D eigenvalue weighted by atomic mass is 32.2. The first-order chi connectivity index (χ1) is 11.2. The predicted octanol–water partition coefficient (Wildman–Crippen LogP) is 1.29.